The topological polar surface area (TPSA) is 67.4 Å². The molecule has 1 N–H and O–H groups in total. The molecule has 2 aliphatic rings. The molecule has 2 fully saturated rings. The minimum atomic E-state index is -0.243. The summed E-state index contributed by atoms with van der Waals surface area (Å²) in [7, 11) is 0. The fourth-order valence-electron chi connectivity index (χ4n) is 3.82. The lowest BCUT2D eigenvalue weighted by molar-refractivity contribution is -0.142. The molecule has 27 heavy (non-hydrogen) atoms. The Labute approximate surface area is 160 Å². The number of carbonyl (C=O) groups is 1. The molecule has 4 rings (SSSR count). The lowest BCUT2D eigenvalue weighted by Gasteiger charge is -2.33. The van der Waals surface area contributed by atoms with Crippen LogP contribution in [0.4, 0.5) is 11.6 Å². The normalized spacial score (nSPS) is 22.6. The summed E-state index contributed by atoms with van der Waals surface area (Å²) in [6.45, 7) is 4.29. The molecule has 6 nitrogen and oxygen atoms in total. The second kappa shape index (κ2) is 8.05. The number of hydrogen-bond donors (Lipinski definition) is 1. The number of likely N-dealkylation sites (tertiary alicyclic amines) is 1. The van der Waals surface area contributed by atoms with E-state index in [1.165, 1.54) is 5.56 Å². The number of ether oxygens (including phenoxy) is 1. The lowest BCUT2D eigenvalue weighted by Crippen LogP contribution is -2.44. The Morgan fingerprint density at radius 3 is 2.81 bits per heavy atom. The molecule has 0 spiro atoms. The van der Waals surface area contributed by atoms with Gasteiger partial charge in [0.2, 0.25) is 5.95 Å². The zero-order valence-corrected chi connectivity index (χ0v) is 15.7. The van der Waals surface area contributed by atoms with E-state index in [0.29, 0.717) is 19.1 Å². The van der Waals surface area contributed by atoms with Crippen molar-refractivity contribution in [2.24, 2.45) is 0 Å². The molecule has 1 aromatic heterocycles. The number of amides is 1. The molecule has 3 heterocycles. The highest BCUT2D eigenvalue weighted by molar-refractivity contribution is 5.81. The average molecular weight is 366 g/mol. The maximum atomic E-state index is 12.7. The molecule has 142 valence electrons. The fourth-order valence-corrected chi connectivity index (χ4v) is 3.82. The molecule has 1 aromatic carbocycles. The Kier molecular flexibility index (Phi) is 5.34. The van der Waals surface area contributed by atoms with Crippen molar-refractivity contribution in [3.05, 3.63) is 47.8 Å². The molecule has 0 saturated carbocycles. The van der Waals surface area contributed by atoms with E-state index in [1.807, 2.05) is 23.1 Å². The first-order valence-electron chi connectivity index (χ1n) is 9.76. The summed E-state index contributed by atoms with van der Waals surface area (Å²) in [5.41, 5.74) is 3.18. The average Bonchev–Trinajstić information content (AvgIpc) is 3.24. The van der Waals surface area contributed by atoms with Gasteiger partial charge in [-0.3, -0.25) is 4.79 Å². The summed E-state index contributed by atoms with van der Waals surface area (Å²) in [5.74, 6) is 0.980. The molecular weight excluding hydrogens is 340 g/mol. The molecule has 6 heteroatoms. The molecule has 2 saturated heterocycles. The second-order valence-corrected chi connectivity index (χ2v) is 7.42. The summed E-state index contributed by atoms with van der Waals surface area (Å²) < 4.78 is 5.58. The van der Waals surface area contributed by atoms with Gasteiger partial charge in [-0.25, -0.2) is 9.97 Å². The van der Waals surface area contributed by atoms with E-state index in [0.717, 1.165) is 43.6 Å². The predicted octanol–water partition coefficient (Wildman–Crippen LogP) is 3.41. The molecule has 2 aromatic rings. The van der Waals surface area contributed by atoms with E-state index in [2.05, 4.69) is 29.4 Å². The van der Waals surface area contributed by atoms with Crippen LogP contribution in [0.2, 0.25) is 0 Å². The standard InChI is InChI=1S/C21H26N4O2/c1-15-6-8-17(9-7-15)23-21-22-11-10-18(24-21)16-4-2-12-25(14-16)20(26)19-5-3-13-27-19/h6-11,16,19H,2-5,12-14H2,1H3,(H,22,23,24)/t16-,19-/m0/s1. The van der Waals surface area contributed by atoms with Gasteiger partial charge in [0.25, 0.3) is 5.91 Å². The number of hydrogen-bond acceptors (Lipinski definition) is 5. The van der Waals surface area contributed by atoms with Crippen molar-refractivity contribution in [1.29, 1.82) is 0 Å². The number of piperidine rings is 1. The highest BCUT2D eigenvalue weighted by atomic mass is 16.5. The van der Waals surface area contributed by atoms with Crippen LogP contribution in [0, 0.1) is 6.92 Å². The third-order valence-electron chi connectivity index (χ3n) is 5.34. The molecule has 0 radical (unpaired) electrons. The van der Waals surface area contributed by atoms with E-state index in [4.69, 9.17) is 9.72 Å². The van der Waals surface area contributed by atoms with Crippen LogP contribution in [0.5, 0.6) is 0 Å². The largest absolute Gasteiger partial charge is 0.368 e. The Balaban J connectivity index is 1.44. The van der Waals surface area contributed by atoms with Gasteiger partial charge in [-0.15, -0.1) is 0 Å². The van der Waals surface area contributed by atoms with Gasteiger partial charge >= 0.3 is 0 Å². The number of aromatic nitrogens is 2. The summed E-state index contributed by atoms with van der Waals surface area (Å²) in [6, 6.07) is 10.1. The molecular formula is C21H26N4O2. The van der Waals surface area contributed by atoms with Crippen molar-refractivity contribution in [3.8, 4) is 0 Å². The van der Waals surface area contributed by atoms with Crippen LogP contribution in [0.15, 0.2) is 36.5 Å². The number of nitrogens with one attached hydrogen (secondary N) is 1. The third kappa shape index (κ3) is 4.27. The van der Waals surface area contributed by atoms with Crippen molar-refractivity contribution in [2.45, 2.75) is 44.6 Å². The summed E-state index contributed by atoms with van der Waals surface area (Å²) in [6.07, 6.45) is 5.41. The van der Waals surface area contributed by atoms with Crippen molar-refractivity contribution in [3.63, 3.8) is 0 Å². The van der Waals surface area contributed by atoms with Crippen molar-refractivity contribution in [2.75, 3.05) is 25.0 Å². The number of nitrogens with zero attached hydrogens (tertiary/aromatic N) is 3. The Morgan fingerprint density at radius 2 is 2.04 bits per heavy atom. The van der Waals surface area contributed by atoms with Crippen LogP contribution in [0.25, 0.3) is 0 Å². The molecule has 0 unspecified atom stereocenters. The SMILES string of the molecule is Cc1ccc(Nc2nccc([C@H]3CCCN(C(=O)[C@@H]4CCCO4)C3)n2)cc1. The Morgan fingerprint density at radius 1 is 1.19 bits per heavy atom. The monoisotopic (exact) mass is 366 g/mol. The minimum absolute atomic E-state index is 0.143. The summed E-state index contributed by atoms with van der Waals surface area (Å²) in [5, 5.41) is 3.27. The summed E-state index contributed by atoms with van der Waals surface area (Å²) >= 11 is 0. The lowest BCUT2D eigenvalue weighted by atomic mass is 9.94. The zero-order valence-electron chi connectivity index (χ0n) is 15.7. The van der Waals surface area contributed by atoms with Crippen molar-refractivity contribution < 1.29 is 9.53 Å². The van der Waals surface area contributed by atoms with Gasteiger partial charge in [-0.2, -0.15) is 0 Å². The first kappa shape index (κ1) is 17.9. The van der Waals surface area contributed by atoms with Crippen LogP contribution in [0.1, 0.15) is 42.9 Å². The highest BCUT2D eigenvalue weighted by Gasteiger charge is 2.32. The predicted molar refractivity (Wildman–Crippen MR) is 104 cm³/mol. The van der Waals surface area contributed by atoms with Crippen LogP contribution in [-0.2, 0) is 9.53 Å². The van der Waals surface area contributed by atoms with E-state index < -0.39 is 0 Å². The van der Waals surface area contributed by atoms with Gasteiger partial charge < -0.3 is 15.0 Å². The highest BCUT2D eigenvalue weighted by Crippen LogP contribution is 2.28. The first-order chi connectivity index (χ1) is 13.2. The van der Waals surface area contributed by atoms with Crippen LogP contribution in [-0.4, -0.2) is 46.6 Å². The smallest absolute Gasteiger partial charge is 0.251 e. The Bertz CT molecular complexity index is 787. The minimum Gasteiger partial charge on any atom is -0.368 e. The number of carbonyl (C=O) groups excluding carboxylic acids is 1. The van der Waals surface area contributed by atoms with Crippen LogP contribution < -0.4 is 5.32 Å². The van der Waals surface area contributed by atoms with Gasteiger partial charge in [0.15, 0.2) is 0 Å². The van der Waals surface area contributed by atoms with Gasteiger partial charge in [0.05, 0.1) is 5.69 Å². The first-order valence-corrected chi connectivity index (χ1v) is 9.76. The van der Waals surface area contributed by atoms with Crippen LogP contribution >= 0.6 is 0 Å². The van der Waals surface area contributed by atoms with Crippen molar-refractivity contribution >= 4 is 17.5 Å². The number of aryl methyl sites for hydroxylation is 1. The molecule has 0 bridgehead atoms. The van der Waals surface area contributed by atoms with E-state index in [-0.39, 0.29) is 17.9 Å². The summed E-state index contributed by atoms with van der Waals surface area (Å²) in [4.78, 5) is 23.7. The van der Waals surface area contributed by atoms with Gasteiger partial charge in [-0.05, 0) is 50.8 Å². The second-order valence-electron chi connectivity index (χ2n) is 7.42. The number of benzene rings is 1. The number of rotatable bonds is 4. The third-order valence-corrected chi connectivity index (χ3v) is 5.34. The maximum absolute atomic E-state index is 12.7. The fraction of sp³-hybridized carbons (Fsp3) is 0.476. The van der Waals surface area contributed by atoms with E-state index in [9.17, 15) is 4.79 Å². The van der Waals surface area contributed by atoms with E-state index in [1.54, 1.807) is 6.20 Å². The van der Waals surface area contributed by atoms with Gasteiger partial charge in [0.1, 0.15) is 6.10 Å². The molecule has 0 aliphatic carbocycles. The number of anilines is 2. The van der Waals surface area contributed by atoms with Crippen LogP contribution in [0.3, 0.4) is 0 Å². The Hall–Kier alpha value is -2.47. The van der Waals surface area contributed by atoms with E-state index >= 15 is 0 Å². The molecule has 1 amide bonds. The molecule has 2 atom stereocenters. The molecule has 2 aliphatic heterocycles. The quantitative estimate of drug-likeness (QED) is 0.898. The van der Waals surface area contributed by atoms with Gasteiger partial charge in [0, 0.05) is 37.5 Å². The maximum Gasteiger partial charge on any atom is 0.251 e. The van der Waals surface area contributed by atoms with Gasteiger partial charge in [-0.1, -0.05) is 17.7 Å². The zero-order chi connectivity index (χ0) is 18.6. The van der Waals surface area contributed by atoms with Crippen molar-refractivity contribution in [1.82, 2.24) is 14.9 Å².